The van der Waals surface area contributed by atoms with Gasteiger partial charge in [-0.1, -0.05) is 0 Å². The zero-order valence-electron chi connectivity index (χ0n) is 11.0. The van der Waals surface area contributed by atoms with Crippen LogP contribution in [0.4, 0.5) is 23.0 Å². The zero-order chi connectivity index (χ0) is 13.8. The van der Waals surface area contributed by atoms with Crippen molar-refractivity contribution in [3.05, 3.63) is 30.9 Å². The lowest BCUT2D eigenvalue weighted by atomic mass is 10.3. The Morgan fingerprint density at radius 3 is 2.65 bits per heavy atom. The first kappa shape index (κ1) is 12.6. The van der Waals surface area contributed by atoms with Crippen LogP contribution in [-0.4, -0.2) is 41.3 Å². The Kier molecular flexibility index (Phi) is 3.60. The van der Waals surface area contributed by atoms with Crippen LogP contribution in [0.2, 0.25) is 0 Å². The van der Waals surface area contributed by atoms with Crippen LogP contribution in [0.25, 0.3) is 0 Å². The summed E-state index contributed by atoms with van der Waals surface area (Å²) < 4.78 is 5.34. The van der Waals surface area contributed by atoms with E-state index in [1.54, 1.807) is 12.4 Å². The monoisotopic (exact) mass is 272 g/mol. The number of morpholine rings is 1. The number of rotatable bonds is 3. The average Bonchev–Trinajstić information content (AvgIpc) is 2.51. The van der Waals surface area contributed by atoms with E-state index in [1.807, 2.05) is 12.1 Å². The van der Waals surface area contributed by atoms with Crippen LogP contribution in [0.1, 0.15) is 0 Å². The molecule has 0 aliphatic carbocycles. The molecule has 7 heteroatoms. The van der Waals surface area contributed by atoms with Gasteiger partial charge in [-0.15, -0.1) is 0 Å². The molecule has 7 nitrogen and oxygen atoms in total. The Balaban J connectivity index is 1.85. The van der Waals surface area contributed by atoms with Crippen molar-refractivity contribution >= 4 is 23.0 Å². The van der Waals surface area contributed by atoms with Gasteiger partial charge in [-0.25, -0.2) is 9.97 Å². The summed E-state index contributed by atoms with van der Waals surface area (Å²) in [6, 6.07) is 3.71. The van der Waals surface area contributed by atoms with Crippen LogP contribution in [0, 0.1) is 0 Å². The fourth-order valence-corrected chi connectivity index (χ4v) is 2.09. The van der Waals surface area contributed by atoms with Gasteiger partial charge >= 0.3 is 0 Å². The highest BCUT2D eigenvalue weighted by atomic mass is 16.5. The molecule has 1 aliphatic heterocycles. The molecule has 20 heavy (non-hydrogen) atoms. The minimum absolute atomic E-state index is 0.547. The number of aromatic nitrogens is 3. The number of ether oxygens (including phenoxy) is 1. The van der Waals surface area contributed by atoms with Crippen molar-refractivity contribution in [1.82, 2.24) is 15.0 Å². The number of nitrogens with zero attached hydrogens (tertiary/aromatic N) is 4. The molecule has 3 heterocycles. The maximum atomic E-state index is 6.18. The molecule has 3 N–H and O–H groups in total. The molecule has 0 spiro atoms. The molecule has 0 unspecified atom stereocenters. The van der Waals surface area contributed by atoms with E-state index < -0.39 is 0 Å². The van der Waals surface area contributed by atoms with E-state index in [4.69, 9.17) is 10.5 Å². The number of nitrogens with one attached hydrogen (secondary N) is 1. The number of hydrogen-bond donors (Lipinski definition) is 2. The van der Waals surface area contributed by atoms with Crippen molar-refractivity contribution in [2.75, 3.05) is 42.3 Å². The number of nitrogens with two attached hydrogens (primary N) is 1. The first-order chi connectivity index (χ1) is 9.84. The van der Waals surface area contributed by atoms with Gasteiger partial charge in [0.15, 0.2) is 11.6 Å². The van der Waals surface area contributed by atoms with E-state index in [-0.39, 0.29) is 0 Å². The van der Waals surface area contributed by atoms with E-state index >= 15 is 0 Å². The molecular formula is C13H16N6O. The maximum absolute atomic E-state index is 6.18. The number of hydrogen-bond acceptors (Lipinski definition) is 7. The summed E-state index contributed by atoms with van der Waals surface area (Å²) in [5.41, 5.74) is 7.61. The quantitative estimate of drug-likeness (QED) is 0.862. The predicted molar refractivity (Wildman–Crippen MR) is 77.0 cm³/mol. The molecular weight excluding hydrogens is 256 g/mol. The second-order valence-electron chi connectivity index (χ2n) is 4.42. The largest absolute Gasteiger partial charge is 0.393 e. The fraction of sp³-hybridized carbons (Fsp3) is 0.308. The van der Waals surface area contributed by atoms with Crippen molar-refractivity contribution in [1.29, 1.82) is 0 Å². The minimum Gasteiger partial charge on any atom is -0.393 e. The van der Waals surface area contributed by atoms with E-state index in [1.165, 1.54) is 6.33 Å². The molecule has 1 aliphatic rings. The van der Waals surface area contributed by atoms with Gasteiger partial charge in [0, 0.05) is 31.2 Å². The third-order valence-corrected chi connectivity index (χ3v) is 3.12. The normalized spacial score (nSPS) is 15.1. The molecule has 0 saturated carbocycles. The lowest BCUT2D eigenvalue weighted by Gasteiger charge is -2.28. The summed E-state index contributed by atoms with van der Waals surface area (Å²) in [6.45, 7) is 2.96. The predicted octanol–water partition coefficient (Wildman–Crippen LogP) is 1.03. The van der Waals surface area contributed by atoms with Crippen LogP contribution in [0.3, 0.4) is 0 Å². The third-order valence-electron chi connectivity index (χ3n) is 3.12. The van der Waals surface area contributed by atoms with E-state index in [9.17, 15) is 0 Å². The molecule has 0 radical (unpaired) electrons. The Morgan fingerprint density at radius 1 is 1.15 bits per heavy atom. The van der Waals surface area contributed by atoms with Gasteiger partial charge in [0.25, 0.3) is 0 Å². The van der Waals surface area contributed by atoms with Gasteiger partial charge in [-0.05, 0) is 12.1 Å². The molecule has 0 aromatic carbocycles. The van der Waals surface area contributed by atoms with Gasteiger partial charge in [0.1, 0.15) is 12.0 Å². The summed E-state index contributed by atoms with van der Waals surface area (Å²) in [5.74, 6) is 1.35. The Bertz CT molecular complexity index is 570. The first-order valence-corrected chi connectivity index (χ1v) is 6.45. The summed E-state index contributed by atoms with van der Waals surface area (Å²) in [6.07, 6.45) is 4.94. The lowest BCUT2D eigenvalue weighted by molar-refractivity contribution is 0.122. The molecule has 3 rings (SSSR count). The molecule has 1 saturated heterocycles. The molecule has 0 atom stereocenters. The number of nitrogen functional groups attached to an aromatic ring is 1. The smallest absolute Gasteiger partial charge is 0.159 e. The molecule has 2 aromatic heterocycles. The molecule has 2 aromatic rings. The molecule has 0 bridgehead atoms. The van der Waals surface area contributed by atoms with Crippen LogP contribution in [0.5, 0.6) is 0 Å². The summed E-state index contributed by atoms with van der Waals surface area (Å²) in [4.78, 5) is 14.6. The second-order valence-corrected chi connectivity index (χ2v) is 4.42. The zero-order valence-corrected chi connectivity index (χ0v) is 11.0. The Labute approximate surface area is 116 Å². The SMILES string of the molecule is Nc1c(Nc2ccncc2)ncnc1N1CCOCC1. The highest BCUT2D eigenvalue weighted by molar-refractivity contribution is 5.78. The fourth-order valence-electron chi connectivity index (χ4n) is 2.09. The van der Waals surface area contributed by atoms with Crippen molar-refractivity contribution in [2.45, 2.75) is 0 Å². The Morgan fingerprint density at radius 2 is 1.90 bits per heavy atom. The highest BCUT2D eigenvalue weighted by Gasteiger charge is 2.17. The summed E-state index contributed by atoms with van der Waals surface area (Å²) in [7, 11) is 0. The first-order valence-electron chi connectivity index (χ1n) is 6.45. The standard InChI is InChI=1S/C13H16N6O/c14-11-12(18-10-1-3-15-4-2-10)16-9-17-13(11)19-5-7-20-8-6-19/h1-4,9H,5-8,14H2,(H,15,16,17,18). The topological polar surface area (TPSA) is 89.2 Å². The molecule has 0 amide bonds. The maximum Gasteiger partial charge on any atom is 0.159 e. The van der Waals surface area contributed by atoms with Crippen LogP contribution < -0.4 is 16.0 Å². The minimum atomic E-state index is 0.547. The van der Waals surface area contributed by atoms with Gasteiger partial charge in [-0.3, -0.25) is 4.98 Å². The van der Waals surface area contributed by atoms with Crippen molar-refractivity contribution in [3.63, 3.8) is 0 Å². The van der Waals surface area contributed by atoms with Crippen LogP contribution >= 0.6 is 0 Å². The summed E-state index contributed by atoms with van der Waals surface area (Å²) in [5, 5.41) is 3.18. The van der Waals surface area contributed by atoms with Gasteiger partial charge in [0.2, 0.25) is 0 Å². The van der Waals surface area contributed by atoms with Crippen molar-refractivity contribution in [2.24, 2.45) is 0 Å². The van der Waals surface area contributed by atoms with E-state index in [0.717, 1.165) is 24.6 Å². The van der Waals surface area contributed by atoms with Crippen molar-refractivity contribution < 1.29 is 4.74 Å². The third kappa shape index (κ3) is 2.62. The average molecular weight is 272 g/mol. The Hall–Kier alpha value is -2.41. The second kappa shape index (κ2) is 5.70. The van der Waals surface area contributed by atoms with Crippen molar-refractivity contribution in [3.8, 4) is 0 Å². The highest BCUT2D eigenvalue weighted by Crippen LogP contribution is 2.28. The van der Waals surface area contributed by atoms with Crippen LogP contribution in [-0.2, 0) is 4.74 Å². The van der Waals surface area contributed by atoms with Gasteiger partial charge in [-0.2, -0.15) is 0 Å². The molecule has 1 fully saturated rings. The number of anilines is 4. The lowest BCUT2D eigenvalue weighted by Crippen LogP contribution is -2.37. The van der Waals surface area contributed by atoms with E-state index in [2.05, 4.69) is 25.2 Å². The van der Waals surface area contributed by atoms with E-state index in [0.29, 0.717) is 24.7 Å². The van der Waals surface area contributed by atoms with Gasteiger partial charge in [0.05, 0.1) is 13.2 Å². The summed E-state index contributed by atoms with van der Waals surface area (Å²) >= 11 is 0. The van der Waals surface area contributed by atoms with Crippen LogP contribution in [0.15, 0.2) is 30.9 Å². The molecule has 104 valence electrons. The van der Waals surface area contributed by atoms with Gasteiger partial charge < -0.3 is 20.7 Å². The number of pyridine rings is 1.